The molecule has 2 aromatic rings. The Kier molecular flexibility index (Phi) is 6.31. The van der Waals surface area contributed by atoms with E-state index in [0.29, 0.717) is 5.56 Å². The number of piperidine rings is 1. The predicted octanol–water partition coefficient (Wildman–Crippen LogP) is 2.02. The van der Waals surface area contributed by atoms with Gasteiger partial charge >= 0.3 is 0 Å². The molecular formula is C20H24FN3O3S. The number of quaternary nitrogens is 1. The molecule has 0 aliphatic carbocycles. The Morgan fingerprint density at radius 2 is 1.79 bits per heavy atom. The first-order chi connectivity index (χ1) is 13.4. The van der Waals surface area contributed by atoms with E-state index in [1.54, 1.807) is 4.90 Å². The van der Waals surface area contributed by atoms with E-state index in [1.807, 2.05) is 0 Å². The van der Waals surface area contributed by atoms with Crippen LogP contribution in [0.2, 0.25) is 0 Å². The van der Waals surface area contributed by atoms with E-state index in [4.69, 9.17) is 0 Å². The number of hydrogen-bond acceptors (Lipinski definition) is 3. The molecule has 1 saturated heterocycles. The van der Waals surface area contributed by atoms with Gasteiger partial charge in [0.1, 0.15) is 15.8 Å². The lowest BCUT2D eigenvalue weighted by atomic mass is 10.0. The number of rotatable bonds is 6. The lowest BCUT2D eigenvalue weighted by Crippen LogP contribution is -3.13. The second-order valence-corrected chi connectivity index (χ2v) is 8.50. The molecule has 1 heterocycles. The molecule has 0 unspecified atom stereocenters. The van der Waals surface area contributed by atoms with Crippen LogP contribution >= 0.6 is 0 Å². The van der Waals surface area contributed by atoms with E-state index >= 15 is 0 Å². The van der Waals surface area contributed by atoms with Gasteiger partial charge in [0.25, 0.3) is 5.91 Å². The molecule has 0 saturated carbocycles. The van der Waals surface area contributed by atoms with E-state index < -0.39 is 15.8 Å². The van der Waals surface area contributed by atoms with Crippen molar-refractivity contribution in [3.05, 3.63) is 64.6 Å². The number of halogens is 1. The van der Waals surface area contributed by atoms with Crippen molar-refractivity contribution in [2.75, 3.05) is 19.6 Å². The first-order valence-electron chi connectivity index (χ1n) is 9.36. The lowest BCUT2D eigenvalue weighted by Gasteiger charge is -2.29. The fourth-order valence-corrected chi connectivity index (χ4v) is 4.27. The van der Waals surface area contributed by atoms with Crippen molar-refractivity contribution >= 4 is 21.6 Å². The van der Waals surface area contributed by atoms with Crippen molar-refractivity contribution in [3.63, 3.8) is 0 Å². The summed E-state index contributed by atoms with van der Waals surface area (Å²) in [5, 5.41) is 3.01. The van der Waals surface area contributed by atoms with Gasteiger partial charge in [0.05, 0.1) is 24.5 Å². The summed E-state index contributed by atoms with van der Waals surface area (Å²) in [6.07, 6.45) is 1.87. The Bertz CT molecular complexity index is 924. The van der Waals surface area contributed by atoms with Crippen molar-refractivity contribution in [2.24, 2.45) is 0 Å². The highest BCUT2D eigenvalue weighted by molar-refractivity contribution is 7.94. The molecule has 0 atom stereocenters. The molecule has 1 aliphatic heterocycles. The normalized spacial score (nSPS) is 19.8. The molecule has 2 N–H and O–H groups in total. The highest BCUT2D eigenvalue weighted by Crippen LogP contribution is 2.29. The molecule has 2 aromatic carbocycles. The summed E-state index contributed by atoms with van der Waals surface area (Å²) in [7, 11) is -4.06. The molecule has 1 amide bonds. The van der Waals surface area contributed by atoms with E-state index in [0.717, 1.165) is 38.5 Å². The van der Waals surface area contributed by atoms with Gasteiger partial charge in [-0.25, -0.2) is 12.8 Å². The van der Waals surface area contributed by atoms with Crippen LogP contribution in [-0.2, 0) is 10.0 Å². The third kappa shape index (κ3) is 4.88. The van der Waals surface area contributed by atoms with Gasteiger partial charge in [0, 0.05) is 24.4 Å². The Morgan fingerprint density at radius 3 is 2.39 bits per heavy atom. The van der Waals surface area contributed by atoms with Crippen LogP contribution in [0.4, 0.5) is 10.1 Å². The number of likely N-dealkylation sites (tertiary alicyclic amines) is 1. The molecule has 0 aromatic heterocycles. The SMILES string of the molecule is CC[NH+]1CCC(NC(=O)c2ccc(S(=O)(=O)[N-]c3ccccc3F)cc2)CC1. The van der Waals surface area contributed by atoms with Crippen LogP contribution in [0, 0.1) is 5.82 Å². The molecule has 28 heavy (non-hydrogen) atoms. The fraction of sp³-hybridized carbons (Fsp3) is 0.350. The van der Waals surface area contributed by atoms with Crippen LogP contribution in [0.15, 0.2) is 53.4 Å². The number of nitrogens with one attached hydrogen (secondary N) is 2. The lowest BCUT2D eigenvalue weighted by molar-refractivity contribution is -0.903. The quantitative estimate of drug-likeness (QED) is 0.771. The van der Waals surface area contributed by atoms with Crippen LogP contribution in [0.3, 0.4) is 0 Å². The summed E-state index contributed by atoms with van der Waals surface area (Å²) in [4.78, 5) is 13.9. The molecule has 8 heteroatoms. The minimum Gasteiger partial charge on any atom is -0.570 e. The van der Waals surface area contributed by atoms with Gasteiger partial charge < -0.3 is 14.9 Å². The van der Waals surface area contributed by atoms with Crippen molar-refractivity contribution in [1.29, 1.82) is 0 Å². The van der Waals surface area contributed by atoms with Gasteiger partial charge in [0.15, 0.2) is 0 Å². The highest BCUT2D eigenvalue weighted by atomic mass is 32.2. The van der Waals surface area contributed by atoms with Crippen molar-refractivity contribution in [3.8, 4) is 0 Å². The molecule has 6 nitrogen and oxygen atoms in total. The molecular weight excluding hydrogens is 381 g/mol. The van der Waals surface area contributed by atoms with Crippen LogP contribution in [0.1, 0.15) is 30.1 Å². The molecule has 3 rings (SSSR count). The predicted molar refractivity (Wildman–Crippen MR) is 105 cm³/mol. The van der Waals surface area contributed by atoms with Crippen LogP contribution < -0.4 is 10.2 Å². The Morgan fingerprint density at radius 1 is 1.14 bits per heavy atom. The van der Waals surface area contributed by atoms with Crippen molar-refractivity contribution < 1.29 is 22.5 Å². The minimum absolute atomic E-state index is 0.0906. The molecule has 150 valence electrons. The molecule has 0 radical (unpaired) electrons. The summed E-state index contributed by atoms with van der Waals surface area (Å²) in [6.45, 7) is 5.32. The first-order valence-corrected chi connectivity index (χ1v) is 10.8. The topological polar surface area (TPSA) is 81.8 Å². The zero-order valence-electron chi connectivity index (χ0n) is 15.7. The van der Waals surface area contributed by atoms with Crippen LogP contribution in [0.25, 0.3) is 4.72 Å². The van der Waals surface area contributed by atoms with Crippen molar-refractivity contribution in [2.45, 2.75) is 30.7 Å². The van der Waals surface area contributed by atoms with Crippen LogP contribution in [-0.4, -0.2) is 40.0 Å². The van der Waals surface area contributed by atoms with E-state index in [1.165, 1.54) is 42.5 Å². The van der Waals surface area contributed by atoms with Gasteiger partial charge in [0.2, 0.25) is 0 Å². The third-order valence-electron chi connectivity index (χ3n) is 5.01. The van der Waals surface area contributed by atoms with Gasteiger partial charge in [-0.3, -0.25) is 4.79 Å². The smallest absolute Gasteiger partial charge is 0.251 e. The number of carbonyl (C=O) groups is 1. The fourth-order valence-electron chi connectivity index (χ4n) is 3.28. The van der Waals surface area contributed by atoms with Gasteiger partial charge in [-0.05, 0) is 37.3 Å². The molecule has 1 aliphatic rings. The maximum absolute atomic E-state index is 13.7. The number of amides is 1. The maximum atomic E-state index is 13.7. The average Bonchev–Trinajstić information content (AvgIpc) is 2.70. The number of sulfonamides is 1. The monoisotopic (exact) mass is 405 g/mol. The standard InChI is InChI=1S/C20H23FN3O3S/c1-2-24-13-11-16(12-14-24)22-20(25)15-7-9-17(10-8-15)28(26,27)23-19-6-4-3-5-18(19)21/h3-10,16H,2,11-14H2,1H3,(H,22,25)/q-1/p+1. The van der Waals surface area contributed by atoms with E-state index in [-0.39, 0.29) is 22.5 Å². The van der Waals surface area contributed by atoms with Gasteiger partial charge in [-0.2, -0.15) is 0 Å². The number of carbonyl (C=O) groups excluding carboxylic acids is 1. The summed E-state index contributed by atoms with van der Waals surface area (Å²) in [5.41, 5.74) is 0.139. The van der Waals surface area contributed by atoms with Gasteiger partial charge in [-0.15, -0.1) is 0 Å². The Labute approximate surface area is 164 Å². The number of hydrogen-bond donors (Lipinski definition) is 2. The second kappa shape index (κ2) is 8.70. The van der Waals surface area contributed by atoms with Crippen LogP contribution in [0.5, 0.6) is 0 Å². The number of nitrogens with zero attached hydrogens (tertiary/aromatic N) is 1. The average molecular weight is 405 g/mol. The minimum atomic E-state index is -4.06. The molecule has 1 fully saturated rings. The molecule has 0 bridgehead atoms. The zero-order valence-corrected chi connectivity index (χ0v) is 16.5. The maximum Gasteiger partial charge on any atom is 0.251 e. The number of benzene rings is 2. The molecule has 0 spiro atoms. The van der Waals surface area contributed by atoms with Gasteiger partial charge in [-0.1, -0.05) is 23.9 Å². The Balaban J connectivity index is 1.64. The largest absolute Gasteiger partial charge is 0.570 e. The summed E-state index contributed by atoms with van der Waals surface area (Å²) < 4.78 is 42.0. The summed E-state index contributed by atoms with van der Waals surface area (Å²) in [5.74, 6) is -0.932. The van der Waals surface area contributed by atoms with Crippen molar-refractivity contribution in [1.82, 2.24) is 5.32 Å². The van der Waals surface area contributed by atoms with E-state index in [9.17, 15) is 17.6 Å². The third-order valence-corrected chi connectivity index (χ3v) is 6.32. The second-order valence-electron chi connectivity index (χ2n) is 6.89. The summed E-state index contributed by atoms with van der Waals surface area (Å²) >= 11 is 0. The highest BCUT2D eigenvalue weighted by Gasteiger charge is 2.22. The Hall–Kier alpha value is -2.45. The summed E-state index contributed by atoms with van der Waals surface area (Å²) in [6, 6.07) is 11.1. The first kappa shape index (κ1) is 20.3. The zero-order chi connectivity index (χ0) is 20.1. The van der Waals surface area contributed by atoms with E-state index in [2.05, 4.69) is 17.0 Å².